The van der Waals surface area contributed by atoms with E-state index in [4.69, 9.17) is 0 Å². The fourth-order valence-corrected chi connectivity index (χ4v) is 2.33. The number of rotatable bonds is 2. The van der Waals surface area contributed by atoms with Crippen LogP contribution < -0.4 is 5.32 Å². The Labute approximate surface area is 100 Å². The molecular weight excluding hydrogens is 216 g/mol. The van der Waals surface area contributed by atoms with Crippen LogP contribution in [0, 0.1) is 23.7 Å². The summed E-state index contributed by atoms with van der Waals surface area (Å²) in [6.07, 6.45) is 3.22. The van der Waals surface area contributed by atoms with Gasteiger partial charge in [-0.05, 0) is 19.8 Å². The van der Waals surface area contributed by atoms with E-state index in [-0.39, 0.29) is 5.91 Å². The molecule has 1 aliphatic carbocycles. The molecule has 2 rings (SSSR count). The second kappa shape index (κ2) is 4.21. The molecule has 1 aliphatic rings. The lowest BCUT2D eigenvalue weighted by Gasteiger charge is -2.18. The highest BCUT2D eigenvalue weighted by Gasteiger charge is 2.41. The van der Waals surface area contributed by atoms with Crippen LogP contribution in [0.15, 0.2) is 6.07 Å². The quantitative estimate of drug-likeness (QED) is 0.844. The molecule has 0 aromatic carbocycles. The summed E-state index contributed by atoms with van der Waals surface area (Å²) in [6, 6.07) is 3.99. The van der Waals surface area contributed by atoms with Crippen molar-refractivity contribution in [2.24, 2.45) is 12.5 Å². The molecule has 0 unspecified atom stereocenters. The molecule has 0 radical (unpaired) electrons. The molecule has 17 heavy (non-hydrogen) atoms. The lowest BCUT2D eigenvalue weighted by Crippen LogP contribution is -2.33. The van der Waals surface area contributed by atoms with Gasteiger partial charge in [-0.25, -0.2) is 0 Å². The number of hydrogen-bond donors (Lipinski definition) is 1. The van der Waals surface area contributed by atoms with Crippen molar-refractivity contribution in [3.05, 3.63) is 11.8 Å². The molecular formula is C12H16N4O. The van der Waals surface area contributed by atoms with Gasteiger partial charge in [0.05, 0.1) is 11.8 Å². The van der Waals surface area contributed by atoms with E-state index in [9.17, 15) is 10.1 Å². The van der Waals surface area contributed by atoms with Gasteiger partial charge in [-0.3, -0.25) is 9.48 Å². The van der Waals surface area contributed by atoms with Crippen molar-refractivity contribution in [2.45, 2.75) is 32.6 Å². The highest BCUT2D eigenvalue weighted by atomic mass is 16.2. The number of aromatic nitrogens is 2. The highest BCUT2D eigenvalue weighted by Crippen LogP contribution is 2.38. The lowest BCUT2D eigenvalue weighted by molar-refractivity contribution is -0.122. The highest BCUT2D eigenvalue weighted by molar-refractivity contribution is 5.96. The molecule has 0 aliphatic heterocycles. The average molecular weight is 232 g/mol. The molecule has 1 fully saturated rings. The van der Waals surface area contributed by atoms with Crippen LogP contribution in [0.4, 0.5) is 5.82 Å². The molecule has 1 heterocycles. The Bertz CT molecular complexity index is 477. The maximum absolute atomic E-state index is 12.2. The van der Waals surface area contributed by atoms with Crippen LogP contribution in [0.3, 0.4) is 0 Å². The summed E-state index contributed by atoms with van der Waals surface area (Å²) in [5.74, 6) is 0.453. The Morgan fingerprint density at radius 1 is 1.59 bits per heavy atom. The van der Waals surface area contributed by atoms with Crippen LogP contribution in [-0.4, -0.2) is 15.7 Å². The largest absolute Gasteiger partial charge is 0.310 e. The van der Waals surface area contributed by atoms with E-state index in [1.165, 1.54) is 0 Å². The van der Waals surface area contributed by atoms with Crippen molar-refractivity contribution in [3.8, 4) is 6.07 Å². The molecule has 5 nitrogen and oxygen atoms in total. The zero-order valence-corrected chi connectivity index (χ0v) is 10.2. The summed E-state index contributed by atoms with van der Waals surface area (Å²) in [7, 11) is 1.77. The molecule has 0 saturated heterocycles. The fourth-order valence-electron chi connectivity index (χ4n) is 2.33. The first-order valence-electron chi connectivity index (χ1n) is 5.81. The molecule has 1 aromatic heterocycles. The number of anilines is 1. The summed E-state index contributed by atoms with van der Waals surface area (Å²) in [5.41, 5.74) is 0.0123. The first-order valence-corrected chi connectivity index (χ1v) is 5.81. The molecule has 1 amide bonds. The monoisotopic (exact) mass is 232 g/mol. The van der Waals surface area contributed by atoms with Crippen molar-refractivity contribution in [1.29, 1.82) is 5.26 Å². The Hall–Kier alpha value is -1.83. The number of amides is 1. The molecule has 0 spiro atoms. The smallest absolute Gasteiger partial charge is 0.245 e. The van der Waals surface area contributed by atoms with E-state index in [1.807, 2.05) is 6.92 Å². The standard InChI is InChI=1S/C12H16N4O/c1-9-7-10(16(2)15-9)14-11(17)12(8-13)5-3-4-6-12/h7H,3-6H2,1-2H3,(H,14,17). The maximum Gasteiger partial charge on any atom is 0.245 e. The van der Waals surface area contributed by atoms with Gasteiger partial charge in [0, 0.05) is 13.1 Å². The van der Waals surface area contributed by atoms with Crippen LogP contribution in [0.1, 0.15) is 31.4 Å². The van der Waals surface area contributed by atoms with Gasteiger partial charge < -0.3 is 5.32 Å². The average Bonchev–Trinajstić information content (AvgIpc) is 2.87. The first kappa shape index (κ1) is 11.6. The van der Waals surface area contributed by atoms with E-state index in [0.29, 0.717) is 18.7 Å². The molecule has 90 valence electrons. The summed E-state index contributed by atoms with van der Waals surface area (Å²) in [4.78, 5) is 12.2. The van der Waals surface area contributed by atoms with E-state index in [2.05, 4.69) is 16.5 Å². The number of carbonyl (C=O) groups excluding carboxylic acids is 1. The second-order valence-corrected chi connectivity index (χ2v) is 4.65. The zero-order chi connectivity index (χ0) is 12.5. The van der Waals surface area contributed by atoms with Crippen molar-refractivity contribution >= 4 is 11.7 Å². The van der Waals surface area contributed by atoms with Crippen LogP contribution in [-0.2, 0) is 11.8 Å². The normalized spacial score (nSPS) is 17.7. The summed E-state index contributed by atoms with van der Waals surface area (Å²) >= 11 is 0. The fraction of sp³-hybridized carbons (Fsp3) is 0.583. The topological polar surface area (TPSA) is 70.7 Å². The number of hydrogen-bond acceptors (Lipinski definition) is 3. The molecule has 1 N–H and O–H groups in total. The van der Waals surface area contributed by atoms with Gasteiger partial charge in [-0.1, -0.05) is 12.8 Å². The van der Waals surface area contributed by atoms with E-state index in [1.54, 1.807) is 17.8 Å². The van der Waals surface area contributed by atoms with Crippen LogP contribution >= 0.6 is 0 Å². The second-order valence-electron chi connectivity index (χ2n) is 4.65. The molecule has 0 atom stereocenters. The number of aryl methyl sites for hydroxylation is 2. The van der Waals surface area contributed by atoms with Crippen molar-refractivity contribution in [2.75, 3.05) is 5.32 Å². The van der Waals surface area contributed by atoms with Gasteiger partial charge in [-0.15, -0.1) is 0 Å². The first-order chi connectivity index (χ1) is 8.07. The van der Waals surface area contributed by atoms with Gasteiger partial charge in [-0.2, -0.15) is 10.4 Å². The summed E-state index contributed by atoms with van der Waals surface area (Å²) in [6.45, 7) is 1.87. The number of carbonyl (C=O) groups is 1. The van der Waals surface area contributed by atoms with E-state index >= 15 is 0 Å². The lowest BCUT2D eigenvalue weighted by atomic mass is 9.87. The van der Waals surface area contributed by atoms with Gasteiger partial charge in [0.15, 0.2) is 0 Å². The molecule has 1 saturated carbocycles. The zero-order valence-electron chi connectivity index (χ0n) is 10.2. The third-order valence-corrected chi connectivity index (χ3v) is 3.35. The predicted molar refractivity (Wildman–Crippen MR) is 63.1 cm³/mol. The van der Waals surface area contributed by atoms with Gasteiger partial charge in [0.1, 0.15) is 11.2 Å². The van der Waals surface area contributed by atoms with Crippen LogP contribution in [0.5, 0.6) is 0 Å². The minimum Gasteiger partial charge on any atom is -0.310 e. The number of nitrogens with one attached hydrogen (secondary N) is 1. The van der Waals surface area contributed by atoms with Gasteiger partial charge in [0.25, 0.3) is 0 Å². The third kappa shape index (κ3) is 2.03. The van der Waals surface area contributed by atoms with E-state index in [0.717, 1.165) is 18.5 Å². The van der Waals surface area contributed by atoms with Crippen LogP contribution in [0.25, 0.3) is 0 Å². The Morgan fingerprint density at radius 3 is 2.71 bits per heavy atom. The van der Waals surface area contributed by atoms with Crippen molar-refractivity contribution in [1.82, 2.24) is 9.78 Å². The number of nitrogens with zero attached hydrogens (tertiary/aromatic N) is 3. The predicted octanol–water partition coefficient (Wildman–Crippen LogP) is 1.75. The maximum atomic E-state index is 12.2. The summed E-state index contributed by atoms with van der Waals surface area (Å²) < 4.78 is 1.62. The third-order valence-electron chi connectivity index (χ3n) is 3.35. The Kier molecular flexibility index (Phi) is 2.88. The molecule has 1 aromatic rings. The van der Waals surface area contributed by atoms with Crippen molar-refractivity contribution in [3.63, 3.8) is 0 Å². The van der Waals surface area contributed by atoms with Crippen LogP contribution in [0.2, 0.25) is 0 Å². The van der Waals surface area contributed by atoms with E-state index < -0.39 is 5.41 Å². The number of nitriles is 1. The summed E-state index contributed by atoms with van der Waals surface area (Å²) in [5, 5.41) is 16.2. The Morgan fingerprint density at radius 2 is 2.24 bits per heavy atom. The van der Waals surface area contributed by atoms with Gasteiger partial charge >= 0.3 is 0 Å². The molecule has 5 heteroatoms. The van der Waals surface area contributed by atoms with Crippen molar-refractivity contribution < 1.29 is 4.79 Å². The minimum atomic E-state index is -0.835. The SMILES string of the molecule is Cc1cc(NC(=O)C2(C#N)CCCC2)n(C)n1. The van der Waals surface area contributed by atoms with Gasteiger partial charge in [0.2, 0.25) is 5.91 Å². The molecule has 0 bridgehead atoms. The Balaban J connectivity index is 2.17. The minimum absolute atomic E-state index is 0.194.